The van der Waals surface area contributed by atoms with Gasteiger partial charge in [0.2, 0.25) is 0 Å². The number of benzene rings is 3. The van der Waals surface area contributed by atoms with Crippen LogP contribution >= 0.6 is 23.2 Å². The quantitative estimate of drug-likeness (QED) is 0.292. The van der Waals surface area contributed by atoms with E-state index in [0.29, 0.717) is 13.0 Å². The number of urea groups is 1. The predicted octanol–water partition coefficient (Wildman–Crippen LogP) is 5.03. The standard InChI is InChI=1S/C31H32Cl2N4O4/c1-18-6-8-19(9-7-18)16-37-13-12-23-21(17-37)14-24(32)27(28(23)33)29(38)35-26(30(39)40)15-34-31(41)36-25-11-10-20-4-2-3-5-22(20)25/h2-9,14,25-26H,10-13,15-17H2,1H3,(H,35,38)(H,39,40)(H2,34,36,41)/t25-,26+/m1/s1. The molecule has 3 aromatic rings. The molecule has 4 N–H and O–H groups in total. The zero-order chi connectivity index (χ0) is 29.1. The molecule has 0 unspecified atom stereocenters. The third-order valence-electron chi connectivity index (χ3n) is 7.75. The Morgan fingerprint density at radius 3 is 2.56 bits per heavy atom. The van der Waals surface area contributed by atoms with Crippen LogP contribution in [0.4, 0.5) is 4.79 Å². The van der Waals surface area contributed by atoms with Gasteiger partial charge in [0.25, 0.3) is 5.91 Å². The topological polar surface area (TPSA) is 111 Å². The van der Waals surface area contributed by atoms with Crippen molar-refractivity contribution in [1.29, 1.82) is 0 Å². The highest BCUT2D eigenvalue weighted by Crippen LogP contribution is 2.35. The van der Waals surface area contributed by atoms with E-state index in [1.165, 1.54) is 16.7 Å². The summed E-state index contributed by atoms with van der Waals surface area (Å²) in [6.07, 6.45) is 2.26. The zero-order valence-corrected chi connectivity index (χ0v) is 24.2. The number of hydrogen-bond acceptors (Lipinski definition) is 4. The number of rotatable bonds is 8. The summed E-state index contributed by atoms with van der Waals surface area (Å²) in [5.41, 5.74) is 6.48. The van der Waals surface area contributed by atoms with E-state index < -0.39 is 23.9 Å². The number of nitrogens with zero attached hydrogens (tertiary/aromatic N) is 1. The lowest BCUT2D eigenvalue weighted by Crippen LogP contribution is -2.50. The Morgan fingerprint density at radius 2 is 1.80 bits per heavy atom. The fourth-order valence-corrected chi connectivity index (χ4v) is 6.31. The van der Waals surface area contributed by atoms with Crippen LogP contribution in [0.15, 0.2) is 54.6 Å². The number of carbonyl (C=O) groups excluding carboxylic acids is 2. The first-order valence-electron chi connectivity index (χ1n) is 13.6. The Morgan fingerprint density at radius 1 is 1.05 bits per heavy atom. The second-order valence-electron chi connectivity index (χ2n) is 10.6. The second kappa shape index (κ2) is 12.5. The summed E-state index contributed by atoms with van der Waals surface area (Å²) in [5.74, 6) is -1.99. The van der Waals surface area contributed by atoms with E-state index in [9.17, 15) is 19.5 Å². The lowest BCUT2D eigenvalue weighted by atomic mass is 9.96. The Kier molecular flexibility index (Phi) is 8.82. The molecule has 1 heterocycles. The molecule has 3 amide bonds. The molecule has 0 fully saturated rings. The van der Waals surface area contributed by atoms with E-state index in [2.05, 4.69) is 52.0 Å². The number of hydrogen-bond donors (Lipinski definition) is 4. The van der Waals surface area contributed by atoms with Gasteiger partial charge in [-0.2, -0.15) is 0 Å². The normalized spacial score (nSPS) is 16.8. The van der Waals surface area contributed by atoms with E-state index in [1.807, 2.05) is 24.3 Å². The van der Waals surface area contributed by atoms with E-state index in [4.69, 9.17) is 23.2 Å². The molecule has 0 saturated heterocycles. The molecule has 0 saturated carbocycles. The molecule has 0 aromatic heterocycles. The molecule has 41 heavy (non-hydrogen) atoms. The van der Waals surface area contributed by atoms with E-state index in [0.717, 1.165) is 42.6 Å². The summed E-state index contributed by atoms with van der Waals surface area (Å²) >= 11 is 13.2. The van der Waals surface area contributed by atoms with Crippen LogP contribution in [0.1, 0.15) is 56.2 Å². The number of nitrogens with one attached hydrogen (secondary N) is 3. The van der Waals surface area contributed by atoms with Gasteiger partial charge in [-0.15, -0.1) is 0 Å². The van der Waals surface area contributed by atoms with Gasteiger partial charge in [0.15, 0.2) is 0 Å². The summed E-state index contributed by atoms with van der Waals surface area (Å²) in [4.78, 5) is 40.0. The number of aliphatic carboxylic acids is 1. The third kappa shape index (κ3) is 6.67. The molecule has 0 radical (unpaired) electrons. The van der Waals surface area contributed by atoms with Crippen molar-refractivity contribution in [1.82, 2.24) is 20.9 Å². The van der Waals surface area contributed by atoms with Crippen LogP contribution in [0.3, 0.4) is 0 Å². The number of halogens is 2. The van der Waals surface area contributed by atoms with Crippen LogP contribution in [0.2, 0.25) is 10.0 Å². The lowest BCUT2D eigenvalue weighted by molar-refractivity contribution is -0.139. The van der Waals surface area contributed by atoms with Crippen molar-refractivity contribution in [2.24, 2.45) is 0 Å². The van der Waals surface area contributed by atoms with Gasteiger partial charge in [-0.3, -0.25) is 9.69 Å². The Balaban J connectivity index is 1.21. The third-order valence-corrected chi connectivity index (χ3v) is 8.46. The maximum Gasteiger partial charge on any atom is 0.328 e. The van der Waals surface area contributed by atoms with Gasteiger partial charge in [0.05, 0.1) is 28.2 Å². The van der Waals surface area contributed by atoms with Crippen LogP contribution < -0.4 is 16.0 Å². The van der Waals surface area contributed by atoms with Gasteiger partial charge in [-0.25, -0.2) is 9.59 Å². The average molecular weight is 596 g/mol. The van der Waals surface area contributed by atoms with E-state index >= 15 is 0 Å². The minimum atomic E-state index is -1.38. The van der Waals surface area contributed by atoms with Crippen molar-refractivity contribution in [3.8, 4) is 0 Å². The Labute approximate surface area is 249 Å². The van der Waals surface area contributed by atoms with Crippen molar-refractivity contribution < 1.29 is 19.5 Å². The van der Waals surface area contributed by atoms with Crippen molar-refractivity contribution in [2.75, 3.05) is 13.1 Å². The summed E-state index contributed by atoms with van der Waals surface area (Å²) < 4.78 is 0. The summed E-state index contributed by atoms with van der Waals surface area (Å²) in [6.45, 7) is 3.92. The lowest BCUT2D eigenvalue weighted by Gasteiger charge is -2.30. The van der Waals surface area contributed by atoms with Crippen molar-refractivity contribution in [3.63, 3.8) is 0 Å². The molecular formula is C31H32Cl2N4O4. The first kappa shape index (κ1) is 28.9. The monoisotopic (exact) mass is 594 g/mol. The van der Waals surface area contributed by atoms with Gasteiger partial charge in [-0.05, 0) is 60.1 Å². The summed E-state index contributed by atoms with van der Waals surface area (Å²) in [6, 6.07) is 16.0. The number of aryl methyl sites for hydroxylation is 2. The molecule has 0 bridgehead atoms. The first-order chi connectivity index (χ1) is 19.7. The highest BCUT2D eigenvalue weighted by atomic mass is 35.5. The molecule has 8 nitrogen and oxygen atoms in total. The number of fused-ring (bicyclic) bond motifs is 2. The fraction of sp³-hybridized carbons (Fsp3) is 0.323. The molecule has 10 heteroatoms. The average Bonchev–Trinajstić information content (AvgIpc) is 3.34. The molecule has 0 spiro atoms. The molecular weight excluding hydrogens is 563 g/mol. The first-order valence-corrected chi connectivity index (χ1v) is 14.4. The van der Waals surface area contributed by atoms with Crippen LogP contribution in [0.5, 0.6) is 0 Å². The van der Waals surface area contributed by atoms with Gasteiger partial charge in [0.1, 0.15) is 6.04 Å². The van der Waals surface area contributed by atoms with Crippen LogP contribution in [0.25, 0.3) is 0 Å². The molecule has 2 atom stereocenters. The van der Waals surface area contributed by atoms with Gasteiger partial charge in [-0.1, -0.05) is 77.3 Å². The number of carboxylic acid groups (broad SMARTS) is 1. The molecule has 3 aromatic carbocycles. The number of carbonyl (C=O) groups is 3. The number of amides is 3. The van der Waals surface area contributed by atoms with E-state index in [1.54, 1.807) is 6.07 Å². The van der Waals surface area contributed by atoms with Crippen molar-refractivity contribution >= 4 is 41.1 Å². The molecule has 214 valence electrons. The van der Waals surface area contributed by atoms with Crippen molar-refractivity contribution in [2.45, 2.75) is 51.4 Å². The van der Waals surface area contributed by atoms with Crippen LogP contribution in [0, 0.1) is 6.92 Å². The Bertz CT molecular complexity index is 1480. The molecule has 1 aliphatic carbocycles. The minimum Gasteiger partial charge on any atom is -0.480 e. The van der Waals surface area contributed by atoms with Crippen LogP contribution in [-0.2, 0) is 30.7 Å². The zero-order valence-electron chi connectivity index (χ0n) is 22.7. The van der Waals surface area contributed by atoms with Gasteiger partial charge < -0.3 is 21.1 Å². The smallest absolute Gasteiger partial charge is 0.328 e. The van der Waals surface area contributed by atoms with Crippen molar-refractivity contribution in [3.05, 3.63) is 104 Å². The Hall–Kier alpha value is -3.59. The molecule has 2 aliphatic rings. The summed E-state index contributed by atoms with van der Waals surface area (Å²) in [5, 5.41) is 18.0. The number of carboxylic acids is 1. The SMILES string of the molecule is Cc1ccc(CN2CCc3c(cc(Cl)c(C(=O)N[C@@H](CNC(=O)N[C@@H]4CCc5ccccc54)C(=O)O)c3Cl)C2)cc1. The van der Waals surface area contributed by atoms with E-state index in [-0.39, 0.29) is 28.2 Å². The summed E-state index contributed by atoms with van der Waals surface area (Å²) in [7, 11) is 0. The maximum absolute atomic E-state index is 13.2. The highest BCUT2D eigenvalue weighted by Gasteiger charge is 2.29. The highest BCUT2D eigenvalue weighted by molar-refractivity contribution is 6.40. The van der Waals surface area contributed by atoms with Crippen LogP contribution in [-0.4, -0.2) is 47.0 Å². The fourth-order valence-electron chi connectivity index (χ4n) is 5.55. The van der Waals surface area contributed by atoms with Gasteiger partial charge in [0, 0.05) is 19.6 Å². The molecule has 5 rings (SSSR count). The minimum absolute atomic E-state index is 0.0392. The maximum atomic E-state index is 13.2. The predicted molar refractivity (Wildman–Crippen MR) is 158 cm³/mol. The van der Waals surface area contributed by atoms with Gasteiger partial charge >= 0.3 is 12.0 Å². The largest absolute Gasteiger partial charge is 0.480 e. The second-order valence-corrected chi connectivity index (χ2v) is 11.4. The molecule has 1 aliphatic heterocycles.